The quantitative estimate of drug-likeness (QED) is 0.839. The Hall–Kier alpha value is -0.730. The highest BCUT2D eigenvalue weighted by molar-refractivity contribution is 5.85. The van der Waals surface area contributed by atoms with Crippen molar-refractivity contribution in [2.45, 2.75) is 25.8 Å². The van der Waals surface area contributed by atoms with Gasteiger partial charge in [0.15, 0.2) is 0 Å². The number of hydrogen-bond donors (Lipinski definition) is 1. The highest BCUT2D eigenvalue weighted by Crippen LogP contribution is 2.27. The number of halogens is 1. The molecule has 3 heteroatoms. The van der Waals surface area contributed by atoms with E-state index in [1.165, 1.54) is 24.0 Å². The minimum Gasteiger partial charge on any atom is -0.496 e. The Morgan fingerprint density at radius 2 is 2.20 bits per heavy atom. The normalized spacial score (nSPS) is 19.7. The molecule has 1 aliphatic rings. The van der Waals surface area contributed by atoms with Crippen molar-refractivity contribution in [1.82, 2.24) is 5.32 Å². The van der Waals surface area contributed by atoms with Gasteiger partial charge in [-0.2, -0.15) is 0 Å². The molecule has 0 radical (unpaired) electrons. The molecule has 1 heterocycles. The van der Waals surface area contributed by atoms with E-state index in [2.05, 4.69) is 30.4 Å². The lowest BCUT2D eigenvalue weighted by atomic mass is 10.0. The van der Waals surface area contributed by atoms with E-state index >= 15 is 0 Å². The molecular weight excluding hydrogens is 210 g/mol. The fourth-order valence-corrected chi connectivity index (χ4v) is 2.09. The molecule has 0 bridgehead atoms. The highest BCUT2D eigenvalue weighted by Gasteiger charge is 2.16. The van der Waals surface area contributed by atoms with Gasteiger partial charge in [-0.15, -0.1) is 12.4 Å². The van der Waals surface area contributed by atoms with Gasteiger partial charge in [0.25, 0.3) is 0 Å². The first-order valence-electron chi connectivity index (χ1n) is 5.19. The number of ether oxygens (including phenoxy) is 1. The van der Waals surface area contributed by atoms with Gasteiger partial charge in [0.05, 0.1) is 7.11 Å². The number of methoxy groups -OCH3 is 1. The van der Waals surface area contributed by atoms with Crippen LogP contribution in [0.2, 0.25) is 0 Å². The van der Waals surface area contributed by atoms with E-state index in [1.807, 2.05) is 0 Å². The van der Waals surface area contributed by atoms with Crippen LogP contribution in [-0.2, 0) is 0 Å². The van der Waals surface area contributed by atoms with Crippen molar-refractivity contribution >= 4 is 12.4 Å². The van der Waals surface area contributed by atoms with E-state index in [4.69, 9.17) is 4.74 Å². The van der Waals surface area contributed by atoms with Crippen molar-refractivity contribution in [3.8, 4) is 5.75 Å². The molecule has 15 heavy (non-hydrogen) atoms. The summed E-state index contributed by atoms with van der Waals surface area (Å²) < 4.78 is 5.24. The third-order valence-electron chi connectivity index (χ3n) is 2.88. The maximum Gasteiger partial charge on any atom is 0.121 e. The van der Waals surface area contributed by atoms with Crippen LogP contribution < -0.4 is 10.1 Å². The van der Waals surface area contributed by atoms with Gasteiger partial charge >= 0.3 is 0 Å². The number of benzene rings is 1. The minimum absolute atomic E-state index is 0. The number of nitrogens with one attached hydrogen (secondary N) is 1. The number of aryl methyl sites for hydroxylation is 1. The van der Waals surface area contributed by atoms with E-state index in [0.29, 0.717) is 6.04 Å². The Labute approximate surface area is 97.4 Å². The van der Waals surface area contributed by atoms with E-state index in [-0.39, 0.29) is 12.4 Å². The lowest BCUT2D eigenvalue weighted by Crippen LogP contribution is -2.12. The Kier molecular flexibility index (Phi) is 4.43. The molecule has 1 aromatic rings. The summed E-state index contributed by atoms with van der Waals surface area (Å²) in [5.74, 6) is 0.978. The lowest BCUT2D eigenvalue weighted by Gasteiger charge is -2.13. The molecule has 84 valence electrons. The van der Waals surface area contributed by atoms with Gasteiger partial charge in [-0.25, -0.2) is 0 Å². The first-order valence-corrected chi connectivity index (χ1v) is 5.19. The van der Waals surface area contributed by atoms with E-state index in [9.17, 15) is 0 Å². The molecule has 1 saturated heterocycles. The van der Waals surface area contributed by atoms with Crippen LogP contribution in [0.4, 0.5) is 0 Å². The summed E-state index contributed by atoms with van der Waals surface area (Å²) in [5.41, 5.74) is 2.61. The SMILES string of the molecule is COc1ccc([C@H]2CCCN2)cc1C.Cl. The van der Waals surface area contributed by atoms with Crippen LogP contribution in [0.3, 0.4) is 0 Å². The predicted octanol–water partition coefficient (Wildman–Crippen LogP) is 2.85. The Bertz CT molecular complexity index is 321. The van der Waals surface area contributed by atoms with Crippen LogP contribution in [0.5, 0.6) is 5.75 Å². The van der Waals surface area contributed by atoms with Gasteiger partial charge < -0.3 is 10.1 Å². The second-order valence-electron chi connectivity index (χ2n) is 3.88. The van der Waals surface area contributed by atoms with Crippen LogP contribution in [0, 0.1) is 6.92 Å². The molecule has 0 saturated carbocycles. The summed E-state index contributed by atoms with van der Waals surface area (Å²) >= 11 is 0. The molecule has 0 aliphatic carbocycles. The highest BCUT2D eigenvalue weighted by atomic mass is 35.5. The second-order valence-corrected chi connectivity index (χ2v) is 3.88. The summed E-state index contributed by atoms with van der Waals surface area (Å²) in [6, 6.07) is 7.00. The summed E-state index contributed by atoms with van der Waals surface area (Å²) in [5, 5.41) is 3.50. The first-order chi connectivity index (χ1) is 6.81. The Balaban J connectivity index is 0.00000112. The largest absolute Gasteiger partial charge is 0.496 e. The van der Waals surface area contributed by atoms with Crippen LogP contribution in [0.25, 0.3) is 0 Å². The van der Waals surface area contributed by atoms with Crippen molar-refractivity contribution in [2.75, 3.05) is 13.7 Å². The molecule has 1 fully saturated rings. The topological polar surface area (TPSA) is 21.3 Å². The molecule has 1 aliphatic heterocycles. The average molecular weight is 228 g/mol. The molecule has 1 aromatic carbocycles. The maximum atomic E-state index is 5.24. The van der Waals surface area contributed by atoms with Gasteiger partial charge in [0.1, 0.15) is 5.75 Å². The van der Waals surface area contributed by atoms with Gasteiger partial charge in [0, 0.05) is 6.04 Å². The monoisotopic (exact) mass is 227 g/mol. The molecule has 0 aromatic heterocycles. The molecule has 0 unspecified atom stereocenters. The van der Waals surface area contributed by atoms with Crippen molar-refractivity contribution in [2.24, 2.45) is 0 Å². The maximum absolute atomic E-state index is 5.24. The predicted molar refractivity (Wildman–Crippen MR) is 65.0 cm³/mol. The van der Waals surface area contributed by atoms with E-state index in [0.717, 1.165) is 12.3 Å². The minimum atomic E-state index is 0. The molecule has 0 amide bonds. The van der Waals surface area contributed by atoms with Crippen LogP contribution >= 0.6 is 12.4 Å². The fraction of sp³-hybridized carbons (Fsp3) is 0.500. The molecular formula is C12H18ClNO. The van der Waals surface area contributed by atoms with E-state index < -0.39 is 0 Å². The van der Waals surface area contributed by atoms with Crippen molar-refractivity contribution in [3.05, 3.63) is 29.3 Å². The standard InChI is InChI=1S/C12H17NO.ClH/c1-9-8-10(5-6-12(9)14-2)11-4-3-7-13-11;/h5-6,8,11,13H,3-4,7H2,1-2H3;1H/t11-;/m1./s1. The Morgan fingerprint density at radius 1 is 1.40 bits per heavy atom. The zero-order chi connectivity index (χ0) is 9.97. The zero-order valence-corrected chi connectivity index (χ0v) is 10.1. The van der Waals surface area contributed by atoms with Crippen LogP contribution in [0.15, 0.2) is 18.2 Å². The molecule has 0 spiro atoms. The lowest BCUT2D eigenvalue weighted by molar-refractivity contribution is 0.411. The van der Waals surface area contributed by atoms with Gasteiger partial charge in [-0.1, -0.05) is 12.1 Å². The third kappa shape index (κ3) is 2.64. The third-order valence-corrected chi connectivity index (χ3v) is 2.88. The fourth-order valence-electron chi connectivity index (χ4n) is 2.09. The number of hydrogen-bond acceptors (Lipinski definition) is 2. The molecule has 2 nitrogen and oxygen atoms in total. The van der Waals surface area contributed by atoms with Crippen LogP contribution in [-0.4, -0.2) is 13.7 Å². The molecule has 2 rings (SSSR count). The molecule has 1 N–H and O–H groups in total. The van der Waals surface area contributed by atoms with Crippen molar-refractivity contribution < 1.29 is 4.74 Å². The van der Waals surface area contributed by atoms with Gasteiger partial charge in [-0.05, 0) is 43.5 Å². The van der Waals surface area contributed by atoms with Crippen molar-refractivity contribution in [1.29, 1.82) is 0 Å². The molecule has 1 atom stereocenters. The average Bonchev–Trinajstić information content (AvgIpc) is 2.70. The van der Waals surface area contributed by atoms with E-state index in [1.54, 1.807) is 7.11 Å². The number of rotatable bonds is 2. The van der Waals surface area contributed by atoms with Crippen LogP contribution in [0.1, 0.15) is 30.0 Å². The smallest absolute Gasteiger partial charge is 0.121 e. The van der Waals surface area contributed by atoms with Gasteiger partial charge in [-0.3, -0.25) is 0 Å². The summed E-state index contributed by atoms with van der Waals surface area (Å²) in [7, 11) is 1.72. The summed E-state index contributed by atoms with van der Waals surface area (Å²) in [6.45, 7) is 3.24. The zero-order valence-electron chi connectivity index (χ0n) is 9.25. The van der Waals surface area contributed by atoms with Gasteiger partial charge in [0.2, 0.25) is 0 Å². The second kappa shape index (κ2) is 5.38. The Morgan fingerprint density at radius 3 is 2.73 bits per heavy atom. The van der Waals surface area contributed by atoms with Crippen molar-refractivity contribution in [3.63, 3.8) is 0 Å². The first kappa shape index (κ1) is 12.3. The summed E-state index contributed by atoms with van der Waals surface area (Å²) in [6.07, 6.45) is 2.54. The summed E-state index contributed by atoms with van der Waals surface area (Å²) in [4.78, 5) is 0.